The predicted octanol–water partition coefficient (Wildman–Crippen LogP) is 13.2. The van der Waals surface area contributed by atoms with Crippen LogP contribution in [0.1, 0.15) is 5.56 Å². The number of nitrogens with zero attached hydrogens (tertiary/aromatic N) is 5. The second kappa shape index (κ2) is 15.7. The van der Waals surface area contributed by atoms with Crippen molar-refractivity contribution in [3.63, 3.8) is 0 Å². The van der Waals surface area contributed by atoms with Crippen LogP contribution >= 0.6 is 0 Å². The van der Waals surface area contributed by atoms with E-state index < -0.39 is 0 Å². The lowest BCUT2D eigenvalue weighted by Gasteiger charge is -2.19. The Morgan fingerprint density at radius 3 is 1.71 bits per heavy atom. The van der Waals surface area contributed by atoms with Crippen molar-refractivity contribution in [2.45, 2.75) is 6.92 Å². The van der Waals surface area contributed by atoms with E-state index in [1.807, 2.05) is 77.6 Å². The van der Waals surface area contributed by atoms with Crippen molar-refractivity contribution in [1.29, 1.82) is 0 Å². The second-order valence-electron chi connectivity index (χ2n) is 15.3. The van der Waals surface area contributed by atoms with Crippen molar-refractivity contribution >= 4 is 21.8 Å². The SMILES string of the molecule is Cc1cc(-n2c3ccccc3c3ccc(Oc4cccc(-n5[c-][n+](-c6c(-c7ccccc7)cccc6-c6ccccc6)c(-c6ccccc6)n5)c4)cc32)ncc1-c1ccccc1. The maximum Gasteiger partial charge on any atom is 0.231 e. The first kappa shape index (κ1) is 36.7. The number of hydrogen-bond acceptors (Lipinski definition) is 3. The summed E-state index contributed by atoms with van der Waals surface area (Å²) in [6.07, 6.45) is 5.64. The van der Waals surface area contributed by atoms with Crippen molar-refractivity contribution in [2.24, 2.45) is 0 Å². The highest BCUT2D eigenvalue weighted by molar-refractivity contribution is 6.09. The minimum atomic E-state index is 0.678. The molecule has 6 nitrogen and oxygen atoms in total. The Balaban J connectivity index is 1.01. The molecule has 11 rings (SSSR count). The summed E-state index contributed by atoms with van der Waals surface area (Å²) in [7, 11) is 0. The molecule has 0 saturated heterocycles. The maximum atomic E-state index is 6.70. The summed E-state index contributed by atoms with van der Waals surface area (Å²) in [6, 6.07) is 73.1. The zero-order valence-electron chi connectivity index (χ0n) is 33.9. The normalized spacial score (nSPS) is 11.3. The molecular weight excluding hydrogens is 759 g/mol. The number of pyridine rings is 1. The van der Waals surface area contributed by atoms with Gasteiger partial charge in [-0.05, 0) is 81.8 Å². The van der Waals surface area contributed by atoms with E-state index >= 15 is 0 Å². The van der Waals surface area contributed by atoms with Gasteiger partial charge in [0.15, 0.2) is 0 Å². The third kappa shape index (κ3) is 6.70. The van der Waals surface area contributed by atoms with Crippen LogP contribution in [-0.2, 0) is 0 Å². The highest BCUT2D eigenvalue weighted by atomic mass is 16.5. The standard InChI is InChI=1S/C56H39N5O/c1-39-34-54(57-37-51(39)42-22-10-4-11-23-42)61-52-31-15-14-28-49(52)50-33-32-46(36-53(50)61)62-45-27-16-26-44(35-45)60-38-59(56(58-60)43-24-12-5-13-25-43)55-47(40-18-6-2-7-19-40)29-17-30-48(55)41-20-8-3-9-21-41/h2-37H,1H3. The third-order valence-corrected chi connectivity index (χ3v) is 11.4. The Bertz CT molecular complexity index is 3320. The smallest absolute Gasteiger partial charge is 0.231 e. The number of aryl methyl sites for hydroxylation is 1. The fourth-order valence-corrected chi connectivity index (χ4v) is 8.49. The van der Waals surface area contributed by atoms with E-state index in [0.717, 1.165) is 89.3 Å². The van der Waals surface area contributed by atoms with Crippen molar-refractivity contribution in [2.75, 3.05) is 0 Å². The van der Waals surface area contributed by atoms with Gasteiger partial charge in [-0.25, -0.2) is 4.98 Å². The first-order chi connectivity index (χ1) is 30.7. The van der Waals surface area contributed by atoms with E-state index in [1.165, 1.54) is 0 Å². The summed E-state index contributed by atoms with van der Waals surface area (Å²) in [5, 5.41) is 7.53. The maximum absolute atomic E-state index is 6.70. The molecule has 11 aromatic rings. The van der Waals surface area contributed by atoms with Gasteiger partial charge >= 0.3 is 0 Å². The number of hydrogen-bond donors (Lipinski definition) is 0. The van der Waals surface area contributed by atoms with Crippen LogP contribution in [0.4, 0.5) is 0 Å². The quantitative estimate of drug-likeness (QED) is 0.108. The van der Waals surface area contributed by atoms with E-state index in [2.05, 4.69) is 168 Å². The van der Waals surface area contributed by atoms with Gasteiger partial charge in [-0.2, -0.15) is 4.68 Å². The molecule has 3 aromatic heterocycles. The summed E-state index contributed by atoms with van der Waals surface area (Å²) >= 11 is 0. The molecular formula is C56H39N5O. The third-order valence-electron chi connectivity index (χ3n) is 11.4. The number of aromatic nitrogens is 5. The Hall–Kier alpha value is -8.35. The molecule has 0 aliphatic rings. The molecule has 0 bridgehead atoms. The zero-order chi connectivity index (χ0) is 41.4. The van der Waals surface area contributed by atoms with Crippen LogP contribution in [0.25, 0.3) is 83.8 Å². The number of para-hydroxylation sites is 2. The average Bonchev–Trinajstić information content (AvgIpc) is 3.92. The lowest BCUT2D eigenvalue weighted by molar-refractivity contribution is -0.587. The highest BCUT2D eigenvalue weighted by Gasteiger charge is 2.21. The number of benzene rings is 8. The molecule has 62 heavy (non-hydrogen) atoms. The largest absolute Gasteiger partial charge is 0.458 e. The molecule has 3 heterocycles. The molecule has 0 unspecified atom stereocenters. The molecule has 0 N–H and O–H groups in total. The minimum absolute atomic E-state index is 0.678. The monoisotopic (exact) mass is 797 g/mol. The van der Waals surface area contributed by atoms with Crippen LogP contribution in [0.3, 0.4) is 0 Å². The zero-order valence-corrected chi connectivity index (χ0v) is 33.9. The van der Waals surface area contributed by atoms with Crippen LogP contribution in [0.5, 0.6) is 11.5 Å². The van der Waals surface area contributed by atoms with Crippen molar-refractivity contribution in [3.05, 3.63) is 230 Å². The van der Waals surface area contributed by atoms with Gasteiger partial charge in [0.25, 0.3) is 0 Å². The Kier molecular flexibility index (Phi) is 9.28. The van der Waals surface area contributed by atoms with Crippen molar-refractivity contribution in [3.8, 4) is 73.5 Å². The van der Waals surface area contributed by atoms with E-state index in [0.29, 0.717) is 11.5 Å². The molecule has 0 aliphatic heterocycles. The summed E-state index contributed by atoms with van der Waals surface area (Å²) in [6.45, 7) is 2.15. The molecule has 0 saturated carbocycles. The Labute approximate surface area is 359 Å². The Morgan fingerprint density at radius 1 is 0.484 bits per heavy atom. The van der Waals surface area contributed by atoms with Crippen LogP contribution in [0.2, 0.25) is 0 Å². The number of fused-ring (bicyclic) bond motifs is 3. The fraction of sp³-hybridized carbons (Fsp3) is 0.0179. The van der Waals surface area contributed by atoms with Gasteiger partial charge in [-0.1, -0.05) is 170 Å². The summed E-state index contributed by atoms with van der Waals surface area (Å²) in [4.78, 5) is 5.02. The van der Waals surface area contributed by atoms with Crippen molar-refractivity contribution < 1.29 is 9.30 Å². The van der Waals surface area contributed by atoms with Gasteiger partial charge in [0.1, 0.15) is 17.3 Å². The Morgan fingerprint density at radius 2 is 1.05 bits per heavy atom. The summed E-state index contributed by atoms with van der Waals surface area (Å²) in [5.74, 6) is 3.01. The number of ether oxygens (including phenoxy) is 1. The van der Waals surface area contributed by atoms with E-state index in [-0.39, 0.29) is 0 Å². The van der Waals surface area contributed by atoms with Crippen LogP contribution < -0.4 is 9.30 Å². The van der Waals surface area contributed by atoms with Crippen molar-refractivity contribution in [1.82, 2.24) is 19.3 Å². The van der Waals surface area contributed by atoms with Gasteiger partial charge in [-0.3, -0.25) is 4.57 Å². The number of rotatable bonds is 9. The molecule has 0 amide bonds. The van der Waals surface area contributed by atoms with Crippen LogP contribution in [-0.4, -0.2) is 19.3 Å². The van der Waals surface area contributed by atoms with Gasteiger partial charge in [0, 0.05) is 39.8 Å². The van der Waals surface area contributed by atoms with E-state index in [4.69, 9.17) is 14.8 Å². The predicted molar refractivity (Wildman–Crippen MR) is 249 cm³/mol. The van der Waals surface area contributed by atoms with E-state index in [9.17, 15) is 0 Å². The molecule has 0 aliphatic carbocycles. The van der Waals surface area contributed by atoms with Crippen LogP contribution in [0, 0.1) is 13.3 Å². The van der Waals surface area contributed by atoms with Gasteiger partial charge in [0.05, 0.1) is 16.7 Å². The molecule has 0 atom stereocenters. The second-order valence-corrected chi connectivity index (χ2v) is 15.3. The van der Waals surface area contributed by atoms with Crippen LogP contribution in [0.15, 0.2) is 219 Å². The fourth-order valence-electron chi connectivity index (χ4n) is 8.49. The minimum Gasteiger partial charge on any atom is -0.458 e. The molecule has 0 radical (unpaired) electrons. The lowest BCUT2D eigenvalue weighted by atomic mass is 9.95. The topological polar surface area (TPSA) is 48.8 Å². The molecule has 0 fully saturated rings. The van der Waals surface area contributed by atoms with Gasteiger partial charge in [-0.15, -0.1) is 0 Å². The van der Waals surface area contributed by atoms with Gasteiger partial charge in [0.2, 0.25) is 12.2 Å². The first-order valence-electron chi connectivity index (χ1n) is 20.7. The highest BCUT2D eigenvalue weighted by Crippen LogP contribution is 2.37. The average molecular weight is 798 g/mol. The summed E-state index contributed by atoms with van der Waals surface area (Å²) in [5.41, 5.74) is 12.7. The molecule has 6 heteroatoms. The molecule has 8 aromatic carbocycles. The molecule has 294 valence electrons. The lowest BCUT2D eigenvalue weighted by Crippen LogP contribution is -2.33. The summed E-state index contributed by atoms with van der Waals surface area (Å²) < 4.78 is 12.9. The van der Waals surface area contributed by atoms with Gasteiger partial charge < -0.3 is 9.30 Å². The molecule has 0 spiro atoms. The van der Waals surface area contributed by atoms with E-state index in [1.54, 1.807) is 0 Å². The first-order valence-corrected chi connectivity index (χ1v) is 20.7.